The topological polar surface area (TPSA) is 68.1 Å². The Kier molecular flexibility index (Phi) is 3.29. The lowest BCUT2D eigenvalue weighted by Gasteiger charge is -2.04. The molecule has 1 aromatic carbocycles. The Balaban J connectivity index is 2.17. The van der Waals surface area contributed by atoms with Crippen LogP contribution in [0.1, 0.15) is 5.01 Å². The number of aromatic nitrogens is 1. The molecule has 1 aromatic heterocycles. The summed E-state index contributed by atoms with van der Waals surface area (Å²) < 4.78 is 12.9. The summed E-state index contributed by atoms with van der Waals surface area (Å²) in [7, 11) is 0. The number of anilines is 1. The van der Waals surface area contributed by atoms with Crippen molar-refractivity contribution in [1.82, 2.24) is 4.98 Å². The van der Waals surface area contributed by atoms with Crippen molar-refractivity contribution in [2.45, 2.75) is 6.54 Å². The van der Waals surface area contributed by atoms with Crippen LogP contribution in [0.25, 0.3) is 0 Å². The summed E-state index contributed by atoms with van der Waals surface area (Å²) in [5.41, 5.74) is 0.00755. The minimum absolute atomic E-state index is 0.276. The number of nitrogens with one attached hydrogen (secondary N) is 1. The highest BCUT2D eigenvalue weighted by Gasteiger charge is 2.14. The molecule has 0 aliphatic rings. The molecule has 1 heterocycles. The number of nitro benzene ring substituents is 1. The van der Waals surface area contributed by atoms with Crippen molar-refractivity contribution in [2.75, 3.05) is 5.32 Å². The fraction of sp³-hybridized carbons (Fsp3) is 0.100. The van der Waals surface area contributed by atoms with Crippen LogP contribution in [0.5, 0.6) is 0 Å². The highest BCUT2D eigenvalue weighted by Crippen LogP contribution is 2.25. The third kappa shape index (κ3) is 2.76. The Morgan fingerprint density at radius 3 is 3.00 bits per heavy atom. The first kappa shape index (κ1) is 11.5. The molecular weight excluding hydrogens is 245 g/mol. The molecule has 0 amide bonds. The maximum Gasteiger partial charge on any atom is 0.295 e. The number of hydrogen-bond donors (Lipinski definition) is 1. The van der Waals surface area contributed by atoms with Gasteiger partial charge in [-0.1, -0.05) is 0 Å². The Morgan fingerprint density at radius 2 is 2.35 bits per heavy atom. The van der Waals surface area contributed by atoms with Crippen LogP contribution in [0, 0.1) is 15.9 Å². The molecule has 5 nitrogen and oxygen atoms in total. The zero-order valence-corrected chi connectivity index (χ0v) is 9.41. The van der Waals surface area contributed by atoms with Gasteiger partial charge < -0.3 is 5.32 Å². The van der Waals surface area contributed by atoms with E-state index in [9.17, 15) is 14.5 Å². The highest BCUT2D eigenvalue weighted by atomic mass is 32.1. The molecule has 0 fully saturated rings. The summed E-state index contributed by atoms with van der Waals surface area (Å²) in [4.78, 5) is 14.1. The summed E-state index contributed by atoms with van der Waals surface area (Å²) in [5.74, 6) is -0.628. The first-order valence-electron chi connectivity index (χ1n) is 4.73. The van der Waals surface area contributed by atoms with Crippen molar-refractivity contribution in [3.8, 4) is 0 Å². The molecule has 0 saturated heterocycles. The maximum absolute atomic E-state index is 12.9. The first-order valence-corrected chi connectivity index (χ1v) is 5.61. The number of nitrogens with zero attached hydrogens (tertiary/aromatic N) is 2. The van der Waals surface area contributed by atoms with Crippen molar-refractivity contribution < 1.29 is 9.31 Å². The molecule has 0 saturated carbocycles. The van der Waals surface area contributed by atoms with Gasteiger partial charge in [-0.2, -0.15) is 0 Å². The van der Waals surface area contributed by atoms with Crippen molar-refractivity contribution in [1.29, 1.82) is 0 Å². The highest BCUT2D eigenvalue weighted by molar-refractivity contribution is 7.09. The lowest BCUT2D eigenvalue weighted by molar-refractivity contribution is -0.384. The van der Waals surface area contributed by atoms with Crippen molar-refractivity contribution >= 4 is 22.7 Å². The Bertz CT molecular complexity index is 530. The number of nitro groups is 1. The smallest absolute Gasteiger partial charge is 0.295 e. The molecule has 1 N–H and O–H groups in total. The Morgan fingerprint density at radius 1 is 1.53 bits per heavy atom. The number of thiazole rings is 1. The number of rotatable bonds is 4. The number of hydrogen-bond acceptors (Lipinski definition) is 5. The first-order chi connectivity index (χ1) is 8.16. The predicted molar refractivity (Wildman–Crippen MR) is 62.5 cm³/mol. The average molecular weight is 253 g/mol. The van der Waals surface area contributed by atoms with E-state index in [1.807, 2.05) is 5.38 Å². The van der Waals surface area contributed by atoms with Crippen molar-refractivity contribution in [3.05, 3.63) is 50.7 Å². The molecule has 2 aromatic rings. The lowest BCUT2D eigenvalue weighted by Crippen LogP contribution is -2.02. The largest absolute Gasteiger partial charge is 0.373 e. The second-order valence-electron chi connectivity index (χ2n) is 3.20. The lowest BCUT2D eigenvalue weighted by atomic mass is 10.2. The van der Waals surface area contributed by atoms with Gasteiger partial charge in [0.05, 0.1) is 17.5 Å². The van der Waals surface area contributed by atoms with Gasteiger partial charge >= 0.3 is 0 Å². The van der Waals surface area contributed by atoms with Crippen LogP contribution in [0.4, 0.5) is 15.8 Å². The fourth-order valence-electron chi connectivity index (χ4n) is 1.32. The van der Waals surface area contributed by atoms with E-state index >= 15 is 0 Å². The van der Waals surface area contributed by atoms with Gasteiger partial charge in [0.25, 0.3) is 5.69 Å². The molecule has 88 valence electrons. The van der Waals surface area contributed by atoms with Crippen LogP contribution in [0.3, 0.4) is 0 Å². The van der Waals surface area contributed by atoms with Gasteiger partial charge in [0.2, 0.25) is 0 Å². The normalized spacial score (nSPS) is 10.2. The molecule has 17 heavy (non-hydrogen) atoms. The van der Waals surface area contributed by atoms with Gasteiger partial charge in [-0.05, 0) is 12.1 Å². The number of halogens is 1. The van der Waals surface area contributed by atoms with Crippen LogP contribution in [0.15, 0.2) is 29.8 Å². The Labute approximate surface area is 100 Å². The quantitative estimate of drug-likeness (QED) is 0.672. The summed E-state index contributed by atoms with van der Waals surface area (Å²) in [5, 5.41) is 16.2. The summed E-state index contributed by atoms with van der Waals surface area (Å²) >= 11 is 1.44. The number of benzene rings is 1. The van der Waals surface area contributed by atoms with E-state index in [-0.39, 0.29) is 11.4 Å². The summed E-state index contributed by atoms with van der Waals surface area (Å²) in [6.07, 6.45) is 1.65. The molecular formula is C10H8FN3O2S. The SMILES string of the molecule is O=[N+]([O-])c1cc(F)ccc1NCc1nccs1. The van der Waals surface area contributed by atoms with Gasteiger partial charge in [0.1, 0.15) is 16.5 Å². The van der Waals surface area contributed by atoms with Gasteiger partial charge in [-0.15, -0.1) is 11.3 Å². The third-order valence-corrected chi connectivity index (χ3v) is 2.85. The van der Waals surface area contributed by atoms with Crippen LogP contribution in [-0.2, 0) is 6.54 Å². The van der Waals surface area contributed by atoms with Gasteiger partial charge in [0.15, 0.2) is 0 Å². The summed E-state index contributed by atoms with van der Waals surface area (Å²) in [6, 6.07) is 3.42. The van der Waals surface area contributed by atoms with Gasteiger partial charge in [-0.25, -0.2) is 9.37 Å². The maximum atomic E-state index is 12.9. The van der Waals surface area contributed by atoms with E-state index in [2.05, 4.69) is 10.3 Å². The molecule has 0 aliphatic carbocycles. The van der Waals surface area contributed by atoms with Crippen LogP contribution in [-0.4, -0.2) is 9.91 Å². The molecule has 0 bridgehead atoms. The minimum atomic E-state index is -0.628. The second-order valence-corrected chi connectivity index (χ2v) is 4.18. The molecule has 0 spiro atoms. The molecule has 0 aliphatic heterocycles. The minimum Gasteiger partial charge on any atom is -0.373 e. The zero-order chi connectivity index (χ0) is 12.3. The van der Waals surface area contributed by atoms with E-state index in [1.54, 1.807) is 6.20 Å². The summed E-state index contributed by atoms with van der Waals surface area (Å²) in [6.45, 7) is 0.379. The third-order valence-electron chi connectivity index (χ3n) is 2.07. The molecule has 0 unspecified atom stereocenters. The van der Waals surface area contributed by atoms with Gasteiger partial charge in [0, 0.05) is 11.6 Å². The fourth-order valence-corrected chi connectivity index (χ4v) is 1.87. The second kappa shape index (κ2) is 4.88. The molecule has 2 rings (SSSR count). The van der Waals surface area contributed by atoms with Gasteiger partial charge in [-0.3, -0.25) is 10.1 Å². The van der Waals surface area contributed by atoms with E-state index in [0.29, 0.717) is 6.54 Å². The monoisotopic (exact) mass is 253 g/mol. The zero-order valence-electron chi connectivity index (χ0n) is 8.59. The van der Waals surface area contributed by atoms with Crippen LogP contribution >= 0.6 is 11.3 Å². The van der Waals surface area contributed by atoms with E-state index in [4.69, 9.17) is 0 Å². The molecule has 7 heteroatoms. The Hall–Kier alpha value is -2.02. The van der Waals surface area contributed by atoms with Crippen LogP contribution < -0.4 is 5.32 Å². The van der Waals surface area contributed by atoms with Crippen molar-refractivity contribution in [2.24, 2.45) is 0 Å². The van der Waals surface area contributed by atoms with E-state index in [0.717, 1.165) is 11.1 Å². The molecule has 0 atom stereocenters. The average Bonchev–Trinajstić information content (AvgIpc) is 2.80. The molecule has 0 radical (unpaired) electrons. The predicted octanol–water partition coefficient (Wildman–Crippen LogP) is 2.80. The standard InChI is InChI=1S/C10H8FN3O2S/c11-7-1-2-8(9(5-7)14(15)16)13-6-10-12-3-4-17-10/h1-5,13H,6H2. The van der Waals surface area contributed by atoms with Crippen molar-refractivity contribution in [3.63, 3.8) is 0 Å². The van der Waals surface area contributed by atoms with Crippen LogP contribution in [0.2, 0.25) is 0 Å². The van der Waals surface area contributed by atoms with E-state index in [1.165, 1.54) is 23.5 Å². The van der Waals surface area contributed by atoms with E-state index < -0.39 is 10.7 Å².